The number of carbonyl (C=O) groups is 2. The first-order valence-corrected chi connectivity index (χ1v) is 16.0. The molecule has 0 bridgehead atoms. The molecule has 0 spiro atoms. The predicted octanol–water partition coefficient (Wildman–Crippen LogP) is 5.72. The maximum atomic E-state index is 14.4. The first-order chi connectivity index (χ1) is 21.0. The third-order valence-corrected chi connectivity index (χ3v) is 9.18. The van der Waals surface area contributed by atoms with E-state index in [9.17, 15) is 22.4 Å². The van der Waals surface area contributed by atoms with E-state index in [2.05, 4.69) is 5.32 Å². The summed E-state index contributed by atoms with van der Waals surface area (Å²) < 4.78 is 43.3. The average molecular weight is 616 g/mol. The Labute approximate surface area is 259 Å². The lowest BCUT2D eigenvalue weighted by Crippen LogP contribution is -2.53. The topological polar surface area (TPSA) is 86.8 Å². The molecule has 0 heterocycles. The van der Waals surface area contributed by atoms with Crippen LogP contribution >= 0.6 is 0 Å². The third kappa shape index (κ3) is 7.90. The Bertz CT molecular complexity index is 1690. The van der Waals surface area contributed by atoms with Gasteiger partial charge in [0.25, 0.3) is 10.0 Å². The van der Waals surface area contributed by atoms with Gasteiger partial charge in [0, 0.05) is 19.5 Å². The van der Waals surface area contributed by atoms with E-state index in [1.54, 1.807) is 44.2 Å². The Morgan fingerprint density at radius 2 is 1.45 bits per heavy atom. The highest BCUT2D eigenvalue weighted by Gasteiger charge is 2.35. The van der Waals surface area contributed by atoms with E-state index < -0.39 is 34.3 Å². The molecule has 0 saturated carbocycles. The summed E-state index contributed by atoms with van der Waals surface area (Å²) in [5.41, 5.74) is 4.21. The highest BCUT2D eigenvalue weighted by Crippen LogP contribution is 2.29. The molecule has 4 rings (SSSR count). The van der Waals surface area contributed by atoms with E-state index in [0.717, 1.165) is 21.0 Å². The Balaban J connectivity index is 1.82. The molecule has 0 saturated heterocycles. The van der Waals surface area contributed by atoms with Crippen LogP contribution in [0.4, 0.5) is 10.1 Å². The largest absolute Gasteiger partial charge is 0.355 e. The summed E-state index contributed by atoms with van der Waals surface area (Å²) in [6.45, 7) is 7.07. The van der Waals surface area contributed by atoms with Gasteiger partial charge < -0.3 is 10.2 Å². The van der Waals surface area contributed by atoms with Crippen LogP contribution in [0.5, 0.6) is 0 Å². The van der Waals surface area contributed by atoms with Gasteiger partial charge in [0.1, 0.15) is 18.4 Å². The zero-order valence-electron chi connectivity index (χ0n) is 25.5. The molecule has 0 fully saturated rings. The van der Waals surface area contributed by atoms with Crippen LogP contribution in [0.15, 0.2) is 102 Å². The molecule has 0 unspecified atom stereocenters. The van der Waals surface area contributed by atoms with Crippen molar-refractivity contribution in [2.45, 2.75) is 51.6 Å². The number of anilines is 1. The molecule has 0 aliphatic heterocycles. The minimum absolute atomic E-state index is 0.0288. The molecular weight excluding hydrogens is 577 g/mol. The fourth-order valence-electron chi connectivity index (χ4n) is 4.97. The van der Waals surface area contributed by atoms with Crippen LogP contribution in [-0.4, -0.2) is 44.3 Å². The lowest BCUT2D eigenvalue weighted by Gasteiger charge is -2.34. The van der Waals surface area contributed by atoms with Crippen LogP contribution in [0.2, 0.25) is 0 Å². The number of rotatable bonds is 12. The van der Waals surface area contributed by atoms with Gasteiger partial charge in [0.05, 0.1) is 10.6 Å². The van der Waals surface area contributed by atoms with Gasteiger partial charge in [-0.05, 0) is 80.3 Å². The Kier molecular flexibility index (Phi) is 10.5. The number of hydrogen-bond donors (Lipinski definition) is 1. The molecule has 230 valence electrons. The maximum Gasteiger partial charge on any atom is 0.264 e. The summed E-state index contributed by atoms with van der Waals surface area (Å²) in [6.07, 6.45) is 0.202. The Hall–Kier alpha value is -4.50. The van der Waals surface area contributed by atoms with Crippen molar-refractivity contribution in [2.75, 3.05) is 17.4 Å². The molecule has 44 heavy (non-hydrogen) atoms. The normalized spacial score (nSPS) is 11.9. The van der Waals surface area contributed by atoms with Crippen molar-refractivity contribution in [1.29, 1.82) is 0 Å². The van der Waals surface area contributed by atoms with Crippen molar-refractivity contribution >= 4 is 27.5 Å². The molecule has 9 heteroatoms. The van der Waals surface area contributed by atoms with Gasteiger partial charge in [-0.2, -0.15) is 0 Å². The molecule has 0 radical (unpaired) electrons. The first kappa shape index (κ1) is 32.4. The monoisotopic (exact) mass is 615 g/mol. The second kappa shape index (κ2) is 14.3. The number of sulfonamides is 1. The number of likely N-dealkylation sites (N-methyl/N-ethyl adjacent to an activating group) is 1. The number of benzene rings is 4. The Morgan fingerprint density at radius 1 is 0.818 bits per heavy atom. The van der Waals surface area contributed by atoms with Crippen molar-refractivity contribution in [3.63, 3.8) is 0 Å². The van der Waals surface area contributed by atoms with Crippen LogP contribution in [0.3, 0.4) is 0 Å². The molecule has 1 N–H and O–H groups in total. The molecule has 0 aromatic heterocycles. The average Bonchev–Trinajstić information content (AvgIpc) is 3.00. The van der Waals surface area contributed by atoms with Gasteiger partial charge in [-0.25, -0.2) is 12.8 Å². The molecule has 2 amide bonds. The number of nitrogens with one attached hydrogen (secondary N) is 1. The quantitative estimate of drug-likeness (QED) is 0.221. The number of nitrogens with zero attached hydrogens (tertiary/aromatic N) is 2. The van der Waals surface area contributed by atoms with Crippen molar-refractivity contribution in [2.24, 2.45) is 0 Å². The summed E-state index contributed by atoms with van der Waals surface area (Å²) >= 11 is 0. The Morgan fingerprint density at radius 3 is 2.09 bits per heavy atom. The standard InChI is InChI=1S/C35H38FN3O4S/c1-5-37-35(41)33(22-28-9-7-6-8-10-28)38(23-29-15-17-30(36)18-16-29)34(40)24-39(32-21-26(3)11-14-27(32)4)44(42,43)31-19-12-25(2)13-20-31/h6-21,33H,5,22-24H2,1-4H3,(H,37,41)/t33-/m1/s1. The summed E-state index contributed by atoms with van der Waals surface area (Å²) in [6, 6.07) is 26.0. The van der Waals surface area contributed by atoms with Crippen molar-refractivity contribution in [1.82, 2.24) is 10.2 Å². The summed E-state index contributed by atoms with van der Waals surface area (Å²) in [4.78, 5) is 29.4. The smallest absolute Gasteiger partial charge is 0.264 e. The second-order valence-corrected chi connectivity index (χ2v) is 12.7. The van der Waals surface area contributed by atoms with Gasteiger partial charge in [0.2, 0.25) is 11.8 Å². The number of hydrogen-bond acceptors (Lipinski definition) is 4. The molecule has 4 aromatic carbocycles. The van der Waals surface area contributed by atoms with Crippen LogP contribution in [0.25, 0.3) is 0 Å². The number of halogens is 1. The van der Waals surface area contributed by atoms with E-state index in [1.165, 1.54) is 29.2 Å². The lowest BCUT2D eigenvalue weighted by atomic mass is 10.0. The fraction of sp³-hybridized carbons (Fsp3) is 0.257. The van der Waals surface area contributed by atoms with Crippen LogP contribution in [-0.2, 0) is 32.6 Å². The maximum absolute atomic E-state index is 14.4. The third-order valence-electron chi connectivity index (χ3n) is 7.41. The number of aryl methyl sites for hydroxylation is 3. The minimum Gasteiger partial charge on any atom is -0.355 e. The SMILES string of the molecule is CCNC(=O)[C@@H](Cc1ccccc1)N(Cc1ccc(F)cc1)C(=O)CN(c1cc(C)ccc1C)S(=O)(=O)c1ccc(C)cc1. The predicted molar refractivity (Wildman–Crippen MR) is 171 cm³/mol. The zero-order valence-corrected chi connectivity index (χ0v) is 26.3. The summed E-state index contributed by atoms with van der Waals surface area (Å²) in [5, 5.41) is 2.83. The van der Waals surface area contributed by atoms with E-state index in [-0.39, 0.29) is 23.8 Å². The van der Waals surface area contributed by atoms with Gasteiger partial charge in [0.15, 0.2) is 0 Å². The van der Waals surface area contributed by atoms with Gasteiger partial charge >= 0.3 is 0 Å². The van der Waals surface area contributed by atoms with Crippen molar-refractivity contribution < 1.29 is 22.4 Å². The van der Waals surface area contributed by atoms with Crippen molar-refractivity contribution in [3.05, 3.63) is 131 Å². The summed E-state index contributed by atoms with van der Waals surface area (Å²) in [7, 11) is -4.20. The molecule has 7 nitrogen and oxygen atoms in total. The molecular formula is C35H38FN3O4S. The van der Waals surface area contributed by atoms with E-state index in [4.69, 9.17) is 0 Å². The molecule has 1 atom stereocenters. The van der Waals surface area contributed by atoms with Crippen LogP contribution < -0.4 is 9.62 Å². The molecule has 4 aromatic rings. The number of amides is 2. The minimum atomic E-state index is -4.20. The van der Waals surface area contributed by atoms with Gasteiger partial charge in [-0.1, -0.05) is 72.3 Å². The lowest BCUT2D eigenvalue weighted by molar-refractivity contribution is -0.140. The molecule has 0 aliphatic rings. The van der Waals surface area contributed by atoms with E-state index in [0.29, 0.717) is 23.4 Å². The summed E-state index contributed by atoms with van der Waals surface area (Å²) in [5.74, 6) is -1.37. The highest BCUT2D eigenvalue weighted by molar-refractivity contribution is 7.92. The van der Waals surface area contributed by atoms with Crippen molar-refractivity contribution in [3.8, 4) is 0 Å². The second-order valence-electron chi connectivity index (χ2n) is 10.9. The van der Waals surface area contributed by atoms with Gasteiger partial charge in [-0.15, -0.1) is 0 Å². The highest BCUT2D eigenvalue weighted by atomic mass is 32.2. The van der Waals surface area contributed by atoms with E-state index >= 15 is 0 Å². The number of carbonyl (C=O) groups excluding carboxylic acids is 2. The van der Waals surface area contributed by atoms with E-state index in [1.807, 2.05) is 56.3 Å². The molecule has 0 aliphatic carbocycles. The zero-order chi connectivity index (χ0) is 31.9. The van der Waals surface area contributed by atoms with Crippen LogP contribution in [0, 0.1) is 26.6 Å². The van der Waals surface area contributed by atoms with Crippen LogP contribution in [0.1, 0.15) is 34.7 Å². The van der Waals surface area contributed by atoms with Gasteiger partial charge in [-0.3, -0.25) is 13.9 Å². The first-order valence-electron chi connectivity index (χ1n) is 14.5. The fourth-order valence-corrected chi connectivity index (χ4v) is 6.44.